The van der Waals surface area contributed by atoms with Crippen LogP contribution >= 0.6 is 22.9 Å². The number of thiophene rings is 1. The van der Waals surface area contributed by atoms with E-state index in [-0.39, 0.29) is 5.41 Å². The van der Waals surface area contributed by atoms with Gasteiger partial charge in [-0.05, 0) is 42.5 Å². The van der Waals surface area contributed by atoms with Crippen molar-refractivity contribution in [2.24, 2.45) is 5.41 Å². The number of nitriles is 1. The molecule has 3 rings (SSSR count). The van der Waals surface area contributed by atoms with E-state index in [0.29, 0.717) is 0 Å². The molecular formula is C16H14ClNS. The van der Waals surface area contributed by atoms with Crippen LogP contribution in [0, 0.1) is 16.7 Å². The quantitative estimate of drug-likeness (QED) is 0.789. The van der Waals surface area contributed by atoms with Crippen molar-refractivity contribution in [3.8, 4) is 6.07 Å². The summed E-state index contributed by atoms with van der Waals surface area (Å²) in [5, 5.41) is 9.66. The van der Waals surface area contributed by atoms with Gasteiger partial charge in [0.1, 0.15) is 0 Å². The summed E-state index contributed by atoms with van der Waals surface area (Å²) in [4.78, 5) is 1.21. The smallest absolute Gasteiger partial charge is 0.0931 e. The maximum Gasteiger partial charge on any atom is 0.0931 e. The second-order valence-electron chi connectivity index (χ2n) is 5.22. The van der Waals surface area contributed by atoms with E-state index in [1.165, 1.54) is 16.0 Å². The molecule has 1 unspecified atom stereocenters. The van der Waals surface area contributed by atoms with Crippen LogP contribution < -0.4 is 0 Å². The van der Waals surface area contributed by atoms with Crippen LogP contribution in [-0.2, 0) is 19.3 Å². The van der Waals surface area contributed by atoms with Crippen molar-refractivity contribution in [1.29, 1.82) is 5.26 Å². The highest BCUT2D eigenvalue weighted by atomic mass is 35.5. The Morgan fingerprint density at radius 1 is 1.21 bits per heavy atom. The fourth-order valence-electron chi connectivity index (χ4n) is 2.87. The van der Waals surface area contributed by atoms with Gasteiger partial charge in [0.25, 0.3) is 0 Å². The number of hydrogen-bond donors (Lipinski definition) is 0. The molecule has 1 aliphatic carbocycles. The molecule has 19 heavy (non-hydrogen) atoms. The van der Waals surface area contributed by atoms with Gasteiger partial charge in [-0.3, -0.25) is 0 Å². The monoisotopic (exact) mass is 287 g/mol. The third kappa shape index (κ3) is 2.54. The second-order valence-corrected chi connectivity index (χ2v) is 7.02. The summed E-state index contributed by atoms with van der Waals surface area (Å²) in [5.41, 5.74) is 2.47. The summed E-state index contributed by atoms with van der Waals surface area (Å²) in [5.74, 6) is 0. The van der Waals surface area contributed by atoms with Crippen molar-refractivity contribution in [2.75, 3.05) is 0 Å². The minimum Gasteiger partial charge on any atom is -0.198 e. The van der Waals surface area contributed by atoms with Crippen LogP contribution in [0.2, 0.25) is 4.34 Å². The SMILES string of the molecule is N#CC1(Cc2ccc(Cl)s2)CCc2ccccc2C1. The zero-order valence-electron chi connectivity index (χ0n) is 10.5. The maximum atomic E-state index is 9.66. The maximum absolute atomic E-state index is 9.66. The lowest BCUT2D eigenvalue weighted by Crippen LogP contribution is -2.29. The molecule has 0 saturated carbocycles. The van der Waals surface area contributed by atoms with Gasteiger partial charge in [0.05, 0.1) is 15.8 Å². The Balaban J connectivity index is 1.88. The molecule has 1 heterocycles. The number of nitrogens with zero attached hydrogens (tertiary/aromatic N) is 1. The molecular weight excluding hydrogens is 274 g/mol. The average molecular weight is 288 g/mol. The van der Waals surface area contributed by atoms with Crippen molar-refractivity contribution < 1.29 is 0 Å². The number of aryl methyl sites for hydroxylation is 1. The molecule has 0 radical (unpaired) electrons. The van der Waals surface area contributed by atoms with Crippen LogP contribution in [0.3, 0.4) is 0 Å². The first-order chi connectivity index (χ1) is 9.21. The Morgan fingerprint density at radius 2 is 2.00 bits per heavy atom. The number of benzene rings is 1. The Labute approximate surface area is 122 Å². The predicted molar refractivity (Wildman–Crippen MR) is 79.5 cm³/mol. The number of halogens is 1. The van der Waals surface area contributed by atoms with Gasteiger partial charge < -0.3 is 0 Å². The molecule has 0 bridgehead atoms. The summed E-state index contributed by atoms with van der Waals surface area (Å²) in [6, 6.07) is 15.0. The van der Waals surface area contributed by atoms with Crippen molar-refractivity contribution in [1.82, 2.24) is 0 Å². The fraction of sp³-hybridized carbons (Fsp3) is 0.312. The van der Waals surface area contributed by atoms with Crippen LogP contribution in [0.4, 0.5) is 0 Å². The zero-order chi connectivity index (χ0) is 13.3. The van der Waals surface area contributed by atoms with Crippen LogP contribution in [-0.4, -0.2) is 0 Å². The lowest BCUT2D eigenvalue weighted by molar-refractivity contribution is 0.342. The molecule has 0 fully saturated rings. The summed E-state index contributed by atoms with van der Waals surface area (Å²) in [6.07, 6.45) is 3.61. The van der Waals surface area contributed by atoms with Crippen molar-refractivity contribution in [3.05, 3.63) is 56.7 Å². The molecule has 0 N–H and O–H groups in total. The van der Waals surface area contributed by atoms with Gasteiger partial charge in [-0.1, -0.05) is 35.9 Å². The van der Waals surface area contributed by atoms with E-state index in [1.54, 1.807) is 11.3 Å². The molecule has 1 nitrogen and oxygen atoms in total. The van der Waals surface area contributed by atoms with E-state index in [4.69, 9.17) is 11.6 Å². The van der Waals surface area contributed by atoms with Gasteiger partial charge in [-0.15, -0.1) is 11.3 Å². The molecule has 1 aromatic heterocycles. The van der Waals surface area contributed by atoms with Crippen LogP contribution in [0.5, 0.6) is 0 Å². The van der Waals surface area contributed by atoms with Crippen LogP contribution in [0.1, 0.15) is 22.4 Å². The fourth-order valence-corrected chi connectivity index (χ4v) is 4.10. The van der Waals surface area contributed by atoms with Crippen molar-refractivity contribution in [3.63, 3.8) is 0 Å². The molecule has 96 valence electrons. The number of hydrogen-bond acceptors (Lipinski definition) is 2. The summed E-state index contributed by atoms with van der Waals surface area (Å²) < 4.78 is 0.805. The first kappa shape index (κ1) is 12.7. The van der Waals surface area contributed by atoms with E-state index in [0.717, 1.165) is 30.0 Å². The standard InChI is InChI=1S/C16H14ClNS/c17-15-6-5-14(19-15)10-16(11-18)8-7-12-3-1-2-4-13(12)9-16/h1-6H,7-10H2. The average Bonchev–Trinajstić information content (AvgIpc) is 2.84. The Hall–Kier alpha value is -1.30. The molecule has 0 spiro atoms. The molecule has 1 atom stereocenters. The van der Waals surface area contributed by atoms with E-state index in [2.05, 4.69) is 30.3 Å². The highest BCUT2D eigenvalue weighted by Gasteiger charge is 2.35. The Bertz CT molecular complexity index is 640. The van der Waals surface area contributed by atoms with Crippen LogP contribution in [0.25, 0.3) is 0 Å². The lowest BCUT2D eigenvalue weighted by Gasteiger charge is -2.32. The second kappa shape index (κ2) is 5.00. The van der Waals surface area contributed by atoms with E-state index in [9.17, 15) is 5.26 Å². The minimum atomic E-state index is -0.261. The van der Waals surface area contributed by atoms with Gasteiger partial charge in [-0.2, -0.15) is 5.26 Å². The molecule has 3 heteroatoms. The molecule has 0 aliphatic heterocycles. The topological polar surface area (TPSA) is 23.8 Å². The minimum absolute atomic E-state index is 0.261. The largest absolute Gasteiger partial charge is 0.198 e. The first-order valence-corrected chi connectivity index (χ1v) is 7.62. The van der Waals surface area contributed by atoms with Crippen LogP contribution in [0.15, 0.2) is 36.4 Å². The van der Waals surface area contributed by atoms with E-state index in [1.807, 2.05) is 12.1 Å². The van der Waals surface area contributed by atoms with E-state index < -0.39 is 0 Å². The van der Waals surface area contributed by atoms with Gasteiger partial charge in [-0.25, -0.2) is 0 Å². The van der Waals surface area contributed by atoms with Crippen molar-refractivity contribution >= 4 is 22.9 Å². The molecule has 0 saturated heterocycles. The highest BCUT2D eigenvalue weighted by Crippen LogP contribution is 2.39. The summed E-state index contributed by atoms with van der Waals surface area (Å²) in [6.45, 7) is 0. The van der Waals surface area contributed by atoms with E-state index >= 15 is 0 Å². The number of rotatable bonds is 2. The molecule has 0 amide bonds. The first-order valence-electron chi connectivity index (χ1n) is 6.43. The molecule has 1 aliphatic rings. The van der Waals surface area contributed by atoms with Gasteiger partial charge in [0.15, 0.2) is 0 Å². The molecule has 2 aromatic rings. The normalized spacial score (nSPS) is 21.7. The third-order valence-electron chi connectivity index (χ3n) is 3.90. The Kier molecular flexibility index (Phi) is 3.35. The van der Waals surface area contributed by atoms with Crippen molar-refractivity contribution in [2.45, 2.75) is 25.7 Å². The summed E-state index contributed by atoms with van der Waals surface area (Å²) in [7, 11) is 0. The predicted octanol–water partition coefficient (Wildman–Crippen LogP) is 4.64. The van der Waals surface area contributed by atoms with Gasteiger partial charge in [0, 0.05) is 11.3 Å². The summed E-state index contributed by atoms with van der Waals surface area (Å²) >= 11 is 7.57. The van der Waals surface area contributed by atoms with Gasteiger partial charge >= 0.3 is 0 Å². The van der Waals surface area contributed by atoms with Gasteiger partial charge in [0.2, 0.25) is 0 Å². The third-order valence-corrected chi connectivity index (χ3v) is 5.13. The number of fused-ring (bicyclic) bond motifs is 1. The zero-order valence-corrected chi connectivity index (χ0v) is 12.1. The Morgan fingerprint density at radius 3 is 2.68 bits per heavy atom. The lowest BCUT2D eigenvalue weighted by atomic mass is 9.70. The highest BCUT2D eigenvalue weighted by molar-refractivity contribution is 7.16. The molecule has 1 aromatic carbocycles.